The second-order valence-electron chi connectivity index (χ2n) is 4.29. The zero-order chi connectivity index (χ0) is 12.8. The van der Waals surface area contributed by atoms with Crippen molar-refractivity contribution in [2.24, 2.45) is 0 Å². The molecule has 0 fully saturated rings. The minimum Gasteiger partial charge on any atom is -0.295 e. The van der Waals surface area contributed by atoms with Crippen molar-refractivity contribution in [1.29, 1.82) is 0 Å². The van der Waals surface area contributed by atoms with Crippen LogP contribution in [0, 0.1) is 19.3 Å². The van der Waals surface area contributed by atoms with E-state index in [4.69, 9.17) is 6.42 Å². The molecule has 1 nitrogen and oxygen atoms in total. The van der Waals surface area contributed by atoms with Crippen LogP contribution in [0.25, 0.3) is 0 Å². The van der Waals surface area contributed by atoms with Gasteiger partial charge in [-0.15, -0.1) is 6.42 Å². The Morgan fingerprint density at radius 2 is 1.72 bits per heavy atom. The van der Waals surface area contributed by atoms with Crippen LogP contribution in [0.15, 0.2) is 54.6 Å². The first kappa shape index (κ1) is 12.4. The summed E-state index contributed by atoms with van der Waals surface area (Å²) in [6, 6.07) is 18.9. The quantitative estimate of drug-likeness (QED) is 0.802. The Bertz CT molecular complexity index is 537. The molecule has 1 N–H and O–H groups in total. The summed E-state index contributed by atoms with van der Waals surface area (Å²) >= 11 is 0. The van der Waals surface area contributed by atoms with Crippen molar-refractivity contribution in [1.82, 2.24) is 5.32 Å². The van der Waals surface area contributed by atoms with Crippen molar-refractivity contribution in [3.8, 4) is 12.3 Å². The SMILES string of the molecule is C#CCNC(c1ccccc1)c1ccccc1C. The summed E-state index contributed by atoms with van der Waals surface area (Å²) in [5.74, 6) is 2.65. The lowest BCUT2D eigenvalue weighted by Crippen LogP contribution is -2.23. The highest BCUT2D eigenvalue weighted by Gasteiger charge is 2.14. The van der Waals surface area contributed by atoms with Crippen molar-refractivity contribution in [3.05, 3.63) is 71.3 Å². The van der Waals surface area contributed by atoms with Crippen molar-refractivity contribution in [2.45, 2.75) is 13.0 Å². The molecule has 0 aliphatic rings. The number of rotatable bonds is 4. The molecule has 0 amide bonds. The van der Waals surface area contributed by atoms with E-state index in [0.29, 0.717) is 6.54 Å². The van der Waals surface area contributed by atoms with Crippen LogP contribution in [-0.2, 0) is 0 Å². The fraction of sp³-hybridized carbons (Fsp3) is 0.176. The van der Waals surface area contributed by atoms with E-state index in [-0.39, 0.29) is 6.04 Å². The molecule has 0 aliphatic carbocycles. The smallest absolute Gasteiger partial charge is 0.0586 e. The summed E-state index contributed by atoms with van der Waals surface area (Å²) in [7, 11) is 0. The van der Waals surface area contributed by atoms with Gasteiger partial charge in [-0.2, -0.15) is 0 Å². The minimum atomic E-state index is 0.156. The number of hydrogen-bond acceptors (Lipinski definition) is 1. The highest BCUT2D eigenvalue weighted by Crippen LogP contribution is 2.24. The molecule has 2 aromatic rings. The Hall–Kier alpha value is -2.04. The van der Waals surface area contributed by atoms with Crippen LogP contribution in [0.5, 0.6) is 0 Å². The molecule has 0 aromatic heterocycles. The number of hydrogen-bond donors (Lipinski definition) is 1. The largest absolute Gasteiger partial charge is 0.295 e. The van der Waals surface area contributed by atoms with Crippen LogP contribution >= 0.6 is 0 Å². The first-order chi connectivity index (χ1) is 8.83. The fourth-order valence-electron chi connectivity index (χ4n) is 2.12. The first-order valence-corrected chi connectivity index (χ1v) is 6.10. The summed E-state index contributed by atoms with van der Waals surface area (Å²) in [5.41, 5.74) is 3.79. The zero-order valence-corrected chi connectivity index (χ0v) is 10.6. The van der Waals surface area contributed by atoms with Gasteiger partial charge in [-0.05, 0) is 23.6 Å². The van der Waals surface area contributed by atoms with Crippen molar-refractivity contribution in [2.75, 3.05) is 6.54 Å². The Morgan fingerprint density at radius 3 is 2.39 bits per heavy atom. The predicted molar refractivity (Wildman–Crippen MR) is 76.3 cm³/mol. The average molecular weight is 235 g/mol. The van der Waals surface area contributed by atoms with Crippen LogP contribution in [0.3, 0.4) is 0 Å². The third-order valence-electron chi connectivity index (χ3n) is 3.04. The van der Waals surface area contributed by atoms with E-state index in [9.17, 15) is 0 Å². The molecule has 0 heterocycles. The molecule has 1 heteroatoms. The van der Waals surface area contributed by atoms with Gasteiger partial charge in [-0.25, -0.2) is 0 Å². The maximum absolute atomic E-state index is 5.36. The molecule has 18 heavy (non-hydrogen) atoms. The predicted octanol–water partition coefficient (Wildman–Crippen LogP) is 3.31. The monoisotopic (exact) mass is 235 g/mol. The molecule has 0 spiro atoms. The van der Waals surface area contributed by atoms with Crippen LogP contribution < -0.4 is 5.32 Å². The van der Waals surface area contributed by atoms with Gasteiger partial charge in [0.15, 0.2) is 0 Å². The lowest BCUT2D eigenvalue weighted by Gasteiger charge is -2.20. The molecule has 1 unspecified atom stereocenters. The molecular formula is C17H17N. The Morgan fingerprint density at radius 1 is 1.06 bits per heavy atom. The van der Waals surface area contributed by atoms with E-state index in [2.05, 4.69) is 66.7 Å². The number of benzene rings is 2. The summed E-state index contributed by atoms with van der Waals surface area (Å²) in [6.45, 7) is 2.69. The summed E-state index contributed by atoms with van der Waals surface area (Å²) in [6.07, 6.45) is 5.36. The third kappa shape index (κ3) is 2.80. The molecule has 90 valence electrons. The van der Waals surface area contributed by atoms with Gasteiger partial charge >= 0.3 is 0 Å². The van der Waals surface area contributed by atoms with E-state index in [1.54, 1.807) is 0 Å². The number of terminal acetylenes is 1. The van der Waals surface area contributed by atoms with Crippen LogP contribution in [-0.4, -0.2) is 6.54 Å². The second-order valence-corrected chi connectivity index (χ2v) is 4.29. The molecule has 0 saturated heterocycles. The average Bonchev–Trinajstić information content (AvgIpc) is 2.42. The highest BCUT2D eigenvalue weighted by molar-refractivity contribution is 5.36. The van der Waals surface area contributed by atoms with E-state index in [0.717, 1.165) is 0 Å². The van der Waals surface area contributed by atoms with Gasteiger partial charge in [-0.3, -0.25) is 5.32 Å². The maximum Gasteiger partial charge on any atom is 0.0586 e. The van der Waals surface area contributed by atoms with Crippen LogP contribution in [0.1, 0.15) is 22.7 Å². The van der Waals surface area contributed by atoms with Gasteiger partial charge in [-0.1, -0.05) is 60.5 Å². The lowest BCUT2D eigenvalue weighted by atomic mass is 9.95. The maximum atomic E-state index is 5.36. The van der Waals surface area contributed by atoms with E-state index >= 15 is 0 Å². The Balaban J connectivity index is 2.38. The van der Waals surface area contributed by atoms with Gasteiger partial charge in [0.25, 0.3) is 0 Å². The molecule has 0 aliphatic heterocycles. The van der Waals surface area contributed by atoms with E-state index in [1.807, 2.05) is 6.07 Å². The highest BCUT2D eigenvalue weighted by atomic mass is 14.9. The first-order valence-electron chi connectivity index (χ1n) is 6.10. The van der Waals surface area contributed by atoms with E-state index < -0.39 is 0 Å². The summed E-state index contributed by atoms with van der Waals surface area (Å²) in [4.78, 5) is 0. The number of nitrogens with one attached hydrogen (secondary N) is 1. The lowest BCUT2D eigenvalue weighted by molar-refractivity contribution is 0.656. The minimum absolute atomic E-state index is 0.156. The Labute approximate surface area is 109 Å². The topological polar surface area (TPSA) is 12.0 Å². The molecule has 1 atom stereocenters. The van der Waals surface area contributed by atoms with Crippen molar-refractivity contribution >= 4 is 0 Å². The van der Waals surface area contributed by atoms with Crippen LogP contribution in [0.2, 0.25) is 0 Å². The normalized spacial score (nSPS) is 11.8. The Kier molecular flexibility index (Phi) is 4.17. The number of aryl methyl sites for hydroxylation is 1. The third-order valence-corrected chi connectivity index (χ3v) is 3.04. The molecule has 0 saturated carbocycles. The van der Waals surface area contributed by atoms with Crippen molar-refractivity contribution in [3.63, 3.8) is 0 Å². The summed E-state index contributed by atoms with van der Waals surface area (Å²) in [5, 5.41) is 3.41. The van der Waals surface area contributed by atoms with Crippen molar-refractivity contribution < 1.29 is 0 Å². The molecule has 2 aromatic carbocycles. The standard InChI is InChI=1S/C17H17N/c1-3-13-18-17(15-10-5-4-6-11-15)16-12-8-7-9-14(16)2/h1,4-12,17-18H,13H2,2H3. The molecular weight excluding hydrogens is 218 g/mol. The summed E-state index contributed by atoms with van der Waals surface area (Å²) < 4.78 is 0. The van der Waals surface area contributed by atoms with E-state index in [1.165, 1.54) is 16.7 Å². The van der Waals surface area contributed by atoms with Gasteiger partial charge < -0.3 is 0 Å². The second kappa shape index (κ2) is 6.05. The van der Waals surface area contributed by atoms with Gasteiger partial charge in [0.2, 0.25) is 0 Å². The molecule has 0 radical (unpaired) electrons. The molecule has 0 bridgehead atoms. The van der Waals surface area contributed by atoms with Gasteiger partial charge in [0.1, 0.15) is 0 Å². The fourth-order valence-corrected chi connectivity index (χ4v) is 2.12. The zero-order valence-electron chi connectivity index (χ0n) is 10.6. The van der Waals surface area contributed by atoms with Gasteiger partial charge in [0.05, 0.1) is 12.6 Å². The molecule has 2 rings (SSSR count). The van der Waals surface area contributed by atoms with Crippen LogP contribution in [0.4, 0.5) is 0 Å². The van der Waals surface area contributed by atoms with Gasteiger partial charge in [0, 0.05) is 0 Å².